The first kappa shape index (κ1) is 24.1. The minimum atomic E-state index is -0.215. The third-order valence-electron chi connectivity index (χ3n) is 7.32. The van der Waals surface area contributed by atoms with Crippen molar-refractivity contribution in [3.05, 3.63) is 75.2 Å². The van der Waals surface area contributed by atoms with Crippen molar-refractivity contribution in [2.45, 2.75) is 31.5 Å². The van der Waals surface area contributed by atoms with Crippen LogP contribution in [0.4, 0.5) is 5.69 Å². The maximum absolute atomic E-state index is 13.5. The van der Waals surface area contributed by atoms with Crippen molar-refractivity contribution in [1.82, 2.24) is 24.2 Å². The molecule has 10 heteroatoms. The Hall–Kier alpha value is -3.30. The lowest BCUT2D eigenvalue weighted by atomic mass is 10.1. The van der Waals surface area contributed by atoms with Gasteiger partial charge in [0.25, 0.3) is 5.56 Å². The Morgan fingerprint density at radius 3 is 2.62 bits per heavy atom. The Labute approximate surface area is 223 Å². The van der Waals surface area contributed by atoms with E-state index in [4.69, 9.17) is 16.6 Å². The van der Waals surface area contributed by atoms with Gasteiger partial charge in [-0.1, -0.05) is 35.5 Å². The van der Waals surface area contributed by atoms with Gasteiger partial charge in [0.05, 0.1) is 17.9 Å². The Balaban J connectivity index is 1.19. The number of hydrogen-bond donors (Lipinski definition) is 0. The van der Waals surface area contributed by atoms with Gasteiger partial charge in [0.15, 0.2) is 10.8 Å². The van der Waals surface area contributed by atoms with E-state index in [1.165, 1.54) is 17.3 Å². The zero-order chi connectivity index (χ0) is 25.7. The summed E-state index contributed by atoms with van der Waals surface area (Å²) in [6.07, 6.45) is 1.87. The van der Waals surface area contributed by atoms with Crippen molar-refractivity contribution < 1.29 is 4.79 Å². The predicted octanol–water partition coefficient (Wildman–Crippen LogP) is 4.24. The largest absolute Gasteiger partial charge is 0.368 e. The van der Waals surface area contributed by atoms with Crippen LogP contribution in [-0.2, 0) is 4.79 Å². The van der Waals surface area contributed by atoms with Gasteiger partial charge in [0.1, 0.15) is 5.39 Å². The van der Waals surface area contributed by atoms with Gasteiger partial charge in [0, 0.05) is 49.1 Å². The van der Waals surface area contributed by atoms with Gasteiger partial charge in [-0.2, -0.15) is 5.10 Å². The Morgan fingerprint density at radius 2 is 1.86 bits per heavy atom. The topological polar surface area (TPSA) is 76.3 Å². The summed E-state index contributed by atoms with van der Waals surface area (Å²) in [6.45, 7) is 6.91. The zero-order valence-electron chi connectivity index (χ0n) is 20.7. The van der Waals surface area contributed by atoms with Crippen molar-refractivity contribution in [1.29, 1.82) is 0 Å². The molecule has 2 aliphatic rings. The molecule has 0 N–H and O–H groups in total. The number of anilines is 1. The summed E-state index contributed by atoms with van der Waals surface area (Å²) >= 11 is 7.67. The van der Waals surface area contributed by atoms with Crippen LogP contribution in [0, 0.1) is 13.8 Å². The van der Waals surface area contributed by atoms with Crippen LogP contribution in [0.25, 0.3) is 16.7 Å². The molecule has 1 atom stereocenters. The third kappa shape index (κ3) is 4.40. The lowest BCUT2D eigenvalue weighted by Crippen LogP contribution is -2.49. The molecule has 0 aliphatic carbocycles. The molecule has 4 aromatic rings. The molecular formula is C27H27ClN6O2S. The molecule has 6 rings (SSSR count). The predicted molar refractivity (Wildman–Crippen MR) is 147 cm³/mol. The summed E-state index contributed by atoms with van der Waals surface area (Å²) < 4.78 is 3.42. The summed E-state index contributed by atoms with van der Waals surface area (Å²) in [5.74, 6) is 0.724. The van der Waals surface area contributed by atoms with E-state index in [0.717, 1.165) is 30.0 Å². The standard InChI is InChI=1S/C27H27ClN6O2S/c1-17-6-7-21(12-18(17)2)34-25-23(15-29-34)26(36)33-22(16-37-27(33)30-25)14-24(35)32-10-8-31(9-11-32)20-5-3-4-19(28)13-20/h3-7,12-13,15,22H,8-11,14,16H2,1-2H3. The molecule has 1 unspecified atom stereocenters. The van der Waals surface area contributed by atoms with Crippen molar-refractivity contribution in [3.8, 4) is 5.69 Å². The van der Waals surface area contributed by atoms with Crippen molar-refractivity contribution >= 4 is 46.0 Å². The number of thioether (sulfide) groups is 1. The average Bonchev–Trinajstić information content (AvgIpc) is 3.51. The Bertz CT molecular complexity index is 1570. The smallest absolute Gasteiger partial charge is 0.265 e. The molecule has 2 aromatic heterocycles. The fraction of sp³-hybridized carbons (Fsp3) is 0.333. The van der Waals surface area contributed by atoms with E-state index in [9.17, 15) is 9.59 Å². The van der Waals surface area contributed by atoms with Crippen molar-refractivity contribution in [2.75, 3.05) is 36.8 Å². The van der Waals surface area contributed by atoms with E-state index in [1.807, 2.05) is 41.3 Å². The SMILES string of the molecule is Cc1ccc(-n2ncc3c(=O)n4c(nc32)SCC4CC(=O)N2CCN(c3cccc(Cl)c3)CC2)cc1C. The lowest BCUT2D eigenvalue weighted by molar-refractivity contribution is -0.132. The maximum Gasteiger partial charge on any atom is 0.265 e. The molecule has 4 heterocycles. The van der Waals surface area contributed by atoms with Crippen LogP contribution in [0.2, 0.25) is 5.02 Å². The Kier molecular flexibility index (Phi) is 6.20. The molecule has 8 nitrogen and oxygen atoms in total. The monoisotopic (exact) mass is 534 g/mol. The summed E-state index contributed by atoms with van der Waals surface area (Å²) in [7, 11) is 0. The molecule has 0 spiro atoms. The molecule has 0 saturated carbocycles. The second-order valence-electron chi connectivity index (χ2n) is 9.65. The molecule has 2 aromatic carbocycles. The lowest BCUT2D eigenvalue weighted by Gasteiger charge is -2.36. The van der Waals surface area contributed by atoms with Gasteiger partial charge in [-0.3, -0.25) is 14.2 Å². The molecule has 0 radical (unpaired) electrons. The maximum atomic E-state index is 13.5. The molecule has 37 heavy (non-hydrogen) atoms. The molecular weight excluding hydrogens is 508 g/mol. The van der Waals surface area contributed by atoms with Gasteiger partial charge in [-0.25, -0.2) is 9.67 Å². The molecule has 2 aliphatic heterocycles. The number of halogens is 1. The summed E-state index contributed by atoms with van der Waals surface area (Å²) in [5.41, 5.74) is 4.72. The van der Waals surface area contributed by atoms with Crippen LogP contribution in [-0.4, -0.2) is 62.1 Å². The molecule has 1 fully saturated rings. The molecule has 190 valence electrons. The van der Waals surface area contributed by atoms with E-state index in [-0.39, 0.29) is 23.9 Å². The average molecular weight is 535 g/mol. The number of hydrogen-bond acceptors (Lipinski definition) is 6. The number of aromatic nitrogens is 4. The Morgan fingerprint density at radius 1 is 1.05 bits per heavy atom. The van der Waals surface area contributed by atoms with Crippen LogP contribution in [0.5, 0.6) is 0 Å². The fourth-order valence-corrected chi connectivity index (χ4v) is 6.36. The number of amides is 1. The van der Waals surface area contributed by atoms with Crippen molar-refractivity contribution in [2.24, 2.45) is 0 Å². The minimum absolute atomic E-state index is 0.0713. The number of carbonyl (C=O) groups excluding carboxylic acids is 1. The van der Waals surface area contributed by atoms with E-state index in [0.29, 0.717) is 40.1 Å². The molecule has 1 amide bonds. The molecule has 1 saturated heterocycles. The number of benzene rings is 2. The minimum Gasteiger partial charge on any atom is -0.368 e. The van der Waals surface area contributed by atoms with Crippen LogP contribution in [0.3, 0.4) is 0 Å². The summed E-state index contributed by atoms with van der Waals surface area (Å²) in [4.78, 5) is 35.7. The number of carbonyl (C=O) groups is 1. The zero-order valence-corrected chi connectivity index (χ0v) is 22.3. The number of aryl methyl sites for hydroxylation is 2. The normalized spacial score (nSPS) is 17.4. The first-order chi connectivity index (χ1) is 17.9. The van der Waals surface area contributed by atoms with Gasteiger partial charge >= 0.3 is 0 Å². The summed E-state index contributed by atoms with van der Waals surface area (Å²) in [6, 6.07) is 13.7. The fourth-order valence-electron chi connectivity index (χ4n) is 5.04. The highest BCUT2D eigenvalue weighted by atomic mass is 35.5. The second-order valence-corrected chi connectivity index (χ2v) is 11.1. The van der Waals surface area contributed by atoms with Crippen LogP contribution >= 0.6 is 23.4 Å². The van der Waals surface area contributed by atoms with Gasteiger partial charge in [-0.05, 0) is 55.3 Å². The quantitative estimate of drug-likeness (QED) is 0.365. The van der Waals surface area contributed by atoms with Gasteiger partial charge < -0.3 is 9.80 Å². The highest BCUT2D eigenvalue weighted by molar-refractivity contribution is 7.99. The first-order valence-corrected chi connectivity index (χ1v) is 13.7. The van der Waals surface area contributed by atoms with Crippen LogP contribution in [0.1, 0.15) is 23.6 Å². The first-order valence-electron chi connectivity index (χ1n) is 12.4. The third-order valence-corrected chi connectivity index (χ3v) is 8.65. The van der Waals surface area contributed by atoms with Gasteiger partial charge in [0.2, 0.25) is 5.91 Å². The second kappa shape index (κ2) is 9.54. The van der Waals surface area contributed by atoms with Gasteiger partial charge in [-0.15, -0.1) is 0 Å². The number of fused-ring (bicyclic) bond motifs is 2. The summed E-state index contributed by atoms with van der Waals surface area (Å²) in [5, 5.41) is 6.30. The van der Waals surface area contributed by atoms with E-state index >= 15 is 0 Å². The van der Waals surface area contributed by atoms with Crippen LogP contribution in [0.15, 0.2) is 58.6 Å². The van der Waals surface area contributed by atoms with E-state index in [2.05, 4.69) is 29.9 Å². The number of rotatable bonds is 4. The van der Waals surface area contributed by atoms with Crippen molar-refractivity contribution in [3.63, 3.8) is 0 Å². The highest BCUT2D eigenvalue weighted by Gasteiger charge is 2.32. The number of nitrogens with zero attached hydrogens (tertiary/aromatic N) is 6. The van der Waals surface area contributed by atoms with E-state index < -0.39 is 0 Å². The van der Waals surface area contributed by atoms with E-state index in [1.54, 1.807) is 15.4 Å². The number of piperazine rings is 1. The van der Waals surface area contributed by atoms with Crippen LogP contribution < -0.4 is 10.5 Å². The molecule has 0 bridgehead atoms. The highest BCUT2D eigenvalue weighted by Crippen LogP contribution is 2.34.